The van der Waals surface area contributed by atoms with Gasteiger partial charge in [-0.1, -0.05) is 25.1 Å². The van der Waals surface area contributed by atoms with Crippen LogP contribution in [-0.2, 0) is 17.8 Å². The minimum Gasteiger partial charge on any atom is -0.389 e. The number of aryl methyl sites for hydroxylation is 1. The van der Waals surface area contributed by atoms with Crippen LogP contribution >= 0.6 is 11.3 Å². The smallest absolute Gasteiger partial charge is 0.114 e. The van der Waals surface area contributed by atoms with E-state index in [1.165, 1.54) is 0 Å². The van der Waals surface area contributed by atoms with Crippen LogP contribution in [0.2, 0.25) is 0 Å². The molecule has 0 amide bonds. The molecule has 17 heavy (non-hydrogen) atoms. The van der Waals surface area contributed by atoms with Crippen LogP contribution in [0, 0.1) is 0 Å². The number of ether oxygens (including phenoxy) is 1. The molecule has 1 aromatic carbocycles. The van der Waals surface area contributed by atoms with Gasteiger partial charge in [-0.15, -0.1) is 11.3 Å². The molecule has 1 heterocycles. The number of rotatable bonds is 4. The molecule has 0 aliphatic rings. The molecular weight excluding hydrogens is 232 g/mol. The van der Waals surface area contributed by atoms with Crippen molar-refractivity contribution in [3.8, 4) is 11.3 Å². The van der Waals surface area contributed by atoms with Crippen LogP contribution in [0.25, 0.3) is 11.3 Å². The molecular formula is C13H16N2OS. The molecule has 0 fully saturated rings. The van der Waals surface area contributed by atoms with Crippen molar-refractivity contribution >= 4 is 16.3 Å². The Labute approximate surface area is 105 Å². The zero-order chi connectivity index (χ0) is 12.3. The molecule has 4 heteroatoms. The van der Waals surface area contributed by atoms with E-state index in [4.69, 9.17) is 10.5 Å². The molecule has 0 spiro atoms. The van der Waals surface area contributed by atoms with Gasteiger partial charge in [0.25, 0.3) is 0 Å². The lowest BCUT2D eigenvalue weighted by atomic mass is 10.1. The summed E-state index contributed by atoms with van der Waals surface area (Å²) in [6, 6.07) is 8.16. The van der Waals surface area contributed by atoms with Crippen LogP contribution < -0.4 is 5.73 Å². The Morgan fingerprint density at radius 3 is 2.88 bits per heavy atom. The van der Waals surface area contributed by atoms with E-state index in [9.17, 15) is 0 Å². The summed E-state index contributed by atoms with van der Waals surface area (Å²) in [7, 11) is 1.69. The average molecular weight is 248 g/mol. The Morgan fingerprint density at radius 2 is 2.24 bits per heavy atom. The first-order valence-electron chi connectivity index (χ1n) is 5.58. The van der Waals surface area contributed by atoms with Crippen LogP contribution in [0.1, 0.15) is 17.5 Å². The first kappa shape index (κ1) is 12.1. The van der Waals surface area contributed by atoms with Gasteiger partial charge >= 0.3 is 0 Å². The fraction of sp³-hybridized carbons (Fsp3) is 0.308. The number of aromatic nitrogens is 1. The Bertz CT molecular complexity index is 508. The molecule has 2 N–H and O–H groups in total. The van der Waals surface area contributed by atoms with Gasteiger partial charge < -0.3 is 10.5 Å². The van der Waals surface area contributed by atoms with Gasteiger partial charge in [-0.2, -0.15) is 0 Å². The number of anilines is 1. The molecule has 90 valence electrons. The van der Waals surface area contributed by atoms with E-state index in [-0.39, 0.29) is 0 Å². The second-order valence-corrected chi connectivity index (χ2v) is 4.92. The van der Waals surface area contributed by atoms with Gasteiger partial charge in [-0.3, -0.25) is 0 Å². The quantitative estimate of drug-likeness (QED) is 0.904. The van der Waals surface area contributed by atoms with Crippen molar-refractivity contribution in [2.75, 3.05) is 12.8 Å². The zero-order valence-corrected chi connectivity index (χ0v) is 10.9. The van der Waals surface area contributed by atoms with Gasteiger partial charge in [0.2, 0.25) is 0 Å². The van der Waals surface area contributed by atoms with Crippen LogP contribution in [0.5, 0.6) is 0 Å². The van der Waals surface area contributed by atoms with Crippen LogP contribution in [0.3, 0.4) is 0 Å². The highest BCUT2D eigenvalue weighted by molar-refractivity contribution is 7.16. The van der Waals surface area contributed by atoms with Crippen molar-refractivity contribution in [2.45, 2.75) is 20.0 Å². The molecule has 3 nitrogen and oxygen atoms in total. The third-order valence-electron chi connectivity index (χ3n) is 2.51. The first-order chi connectivity index (χ1) is 8.24. The van der Waals surface area contributed by atoms with Crippen molar-refractivity contribution in [2.24, 2.45) is 0 Å². The van der Waals surface area contributed by atoms with E-state index in [2.05, 4.69) is 18.0 Å². The van der Waals surface area contributed by atoms with Crippen molar-refractivity contribution in [3.05, 3.63) is 34.8 Å². The van der Waals surface area contributed by atoms with E-state index >= 15 is 0 Å². The summed E-state index contributed by atoms with van der Waals surface area (Å²) in [6.07, 6.45) is 0.923. The molecule has 0 aliphatic heterocycles. The lowest BCUT2D eigenvalue weighted by molar-refractivity contribution is 0.185. The van der Waals surface area contributed by atoms with Crippen LogP contribution in [0.15, 0.2) is 24.3 Å². The molecule has 0 aliphatic carbocycles. The summed E-state index contributed by atoms with van der Waals surface area (Å²) in [5.41, 5.74) is 9.09. The number of methoxy groups -OCH3 is 1. The maximum Gasteiger partial charge on any atom is 0.114 e. The maximum atomic E-state index is 6.00. The predicted molar refractivity (Wildman–Crippen MR) is 72.1 cm³/mol. The van der Waals surface area contributed by atoms with Crippen molar-refractivity contribution in [1.82, 2.24) is 4.98 Å². The predicted octanol–water partition coefficient (Wildman–Crippen LogP) is 3.10. The van der Waals surface area contributed by atoms with Gasteiger partial charge in [0.1, 0.15) is 10.7 Å². The fourth-order valence-corrected chi connectivity index (χ4v) is 2.51. The lowest BCUT2D eigenvalue weighted by Gasteiger charge is -2.03. The molecule has 2 aromatic rings. The number of thiazole rings is 1. The Hall–Kier alpha value is -1.39. The molecule has 0 unspecified atom stereocenters. The fourth-order valence-electron chi connectivity index (χ4n) is 1.71. The molecule has 0 radical (unpaired) electrons. The molecule has 0 saturated carbocycles. The number of nitrogens with zero attached hydrogens (tertiary/aromatic N) is 1. The topological polar surface area (TPSA) is 48.1 Å². The van der Waals surface area contributed by atoms with E-state index in [0.29, 0.717) is 6.61 Å². The average Bonchev–Trinajstić information content (AvgIpc) is 2.71. The third-order valence-corrected chi connectivity index (χ3v) is 3.54. The van der Waals surface area contributed by atoms with Gasteiger partial charge in [0, 0.05) is 12.7 Å². The highest BCUT2D eigenvalue weighted by Gasteiger charge is 2.09. The standard InChI is InChI=1S/C13H16N2OS/c1-3-11-15-12(13(14)17-11)10-6-4-5-9(7-10)8-16-2/h4-7H,3,8,14H2,1-2H3. The van der Waals surface area contributed by atoms with E-state index in [1.807, 2.05) is 18.2 Å². The highest BCUT2D eigenvalue weighted by atomic mass is 32.1. The number of benzene rings is 1. The summed E-state index contributed by atoms with van der Waals surface area (Å²) >= 11 is 1.56. The molecule has 2 rings (SSSR count). The van der Waals surface area contributed by atoms with Crippen molar-refractivity contribution < 1.29 is 4.74 Å². The van der Waals surface area contributed by atoms with Gasteiger partial charge in [0.15, 0.2) is 0 Å². The molecule has 0 saturated heterocycles. The summed E-state index contributed by atoms with van der Waals surface area (Å²) in [5, 5.41) is 1.87. The lowest BCUT2D eigenvalue weighted by Crippen LogP contribution is -1.90. The first-order valence-corrected chi connectivity index (χ1v) is 6.39. The number of nitrogens with two attached hydrogens (primary N) is 1. The summed E-state index contributed by atoms with van der Waals surface area (Å²) in [4.78, 5) is 4.55. The van der Waals surface area contributed by atoms with Gasteiger partial charge in [-0.05, 0) is 18.1 Å². The van der Waals surface area contributed by atoms with E-state index in [0.717, 1.165) is 33.3 Å². The van der Waals surface area contributed by atoms with Crippen LogP contribution in [-0.4, -0.2) is 12.1 Å². The minimum atomic E-state index is 0.610. The largest absolute Gasteiger partial charge is 0.389 e. The van der Waals surface area contributed by atoms with Crippen molar-refractivity contribution in [1.29, 1.82) is 0 Å². The number of hydrogen-bond donors (Lipinski definition) is 1. The van der Waals surface area contributed by atoms with E-state index in [1.54, 1.807) is 18.4 Å². The summed E-state index contributed by atoms with van der Waals surface area (Å²) in [6.45, 7) is 2.70. The van der Waals surface area contributed by atoms with Gasteiger partial charge in [0.05, 0.1) is 11.6 Å². The second kappa shape index (κ2) is 5.29. The summed E-state index contributed by atoms with van der Waals surface area (Å²) in [5.74, 6) is 0. The molecule has 0 atom stereocenters. The van der Waals surface area contributed by atoms with Gasteiger partial charge in [-0.25, -0.2) is 4.98 Å². The highest BCUT2D eigenvalue weighted by Crippen LogP contribution is 2.31. The Balaban J connectivity index is 2.37. The van der Waals surface area contributed by atoms with Crippen LogP contribution in [0.4, 0.5) is 5.00 Å². The Kier molecular flexibility index (Phi) is 3.76. The Morgan fingerprint density at radius 1 is 1.41 bits per heavy atom. The minimum absolute atomic E-state index is 0.610. The normalized spacial score (nSPS) is 10.7. The van der Waals surface area contributed by atoms with Crippen molar-refractivity contribution in [3.63, 3.8) is 0 Å². The second-order valence-electron chi connectivity index (χ2n) is 3.81. The zero-order valence-electron chi connectivity index (χ0n) is 10.1. The maximum absolute atomic E-state index is 6.00. The monoisotopic (exact) mass is 248 g/mol. The molecule has 1 aromatic heterocycles. The summed E-state index contributed by atoms with van der Waals surface area (Å²) < 4.78 is 5.13. The van der Waals surface area contributed by atoms with E-state index < -0.39 is 0 Å². The third kappa shape index (κ3) is 2.65. The molecule has 0 bridgehead atoms. The SMILES string of the molecule is CCc1nc(-c2cccc(COC)c2)c(N)s1. The number of nitrogen functional groups attached to an aromatic ring is 1. The number of hydrogen-bond acceptors (Lipinski definition) is 4.